The van der Waals surface area contributed by atoms with Gasteiger partial charge in [-0.25, -0.2) is 0 Å². The molecule has 0 unspecified atom stereocenters. The molecular formula is C23H37NO2. The fourth-order valence-electron chi connectivity index (χ4n) is 5.30. The third-order valence-electron chi connectivity index (χ3n) is 6.79. The van der Waals surface area contributed by atoms with Crippen molar-refractivity contribution in [2.75, 3.05) is 20.6 Å². The highest BCUT2D eigenvalue weighted by atomic mass is 16.3. The van der Waals surface area contributed by atoms with Crippen LogP contribution in [0.15, 0.2) is 23.8 Å². The summed E-state index contributed by atoms with van der Waals surface area (Å²) in [5.74, 6) is 1.77. The highest BCUT2D eigenvalue weighted by Gasteiger charge is 2.43. The third-order valence-corrected chi connectivity index (χ3v) is 6.79. The van der Waals surface area contributed by atoms with Crippen LogP contribution in [-0.2, 0) is 4.79 Å². The van der Waals surface area contributed by atoms with E-state index >= 15 is 0 Å². The molecule has 146 valence electrons. The van der Waals surface area contributed by atoms with E-state index in [0.717, 1.165) is 25.7 Å². The fourth-order valence-corrected chi connectivity index (χ4v) is 5.30. The predicted molar refractivity (Wildman–Crippen MR) is 107 cm³/mol. The number of carbonyl (C=O) groups excluding carboxylic acids is 1. The van der Waals surface area contributed by atoms with Crippen molar-refractivity contribution in [3.05, 3.63) is 23.8 Å². The van der Waals surface area contributed by atoms with E-state index in [1.54, 1.807) is 5.57 Å². The quantitative estimate of drug-likeness (QED) is 0.378. The number of rotatable bonds is 9. The van der Waals surface area contributed by atoms with Gasteiger partial charge >= 0.3 is 0 Å². The summed E-state index contributed by atoms with van der Waals surface area (Å²) in [5.41, 5.74) is 1.59. The van der Waals surface area contributed by atoms with Crippen molar-refractivity contribution in [3.63, 3.8) is 0 Å². The van der Waals surface area contributed by atoms with Gasteiger partial charge in [-0.15, -0.1) is 0 Å². The lowest BCUT2D eigenvalue weighted by Gasteiger charge is -2.18. The zero-order valence-corrected chi connectivity index (χ0v) is 16.7. The molecule has 0 aliphatic heterocycles. The van der Waals surface area contributed by atoms with Gasteiger partial charge in [-0.2, -0.15) is 0 Å². The first-order chi connectivity index (χ1) is 12.5. The zero-order chi connectivity index (χ0) is 18.5. The number of aliphatic hydroxyl groups excluding tert-OH is 1. The van der Waals surface area contributed by atoms with E-state index in [1.807, 2.05) is 6.08 Å². The summed E-state index contributed by atoms with van der Waals surface area (Å²) in [7, 11) is 4.27. The Kier molecular flexibility index (Phi) is 7.11. The van der Waals surface area contributed by atoms with Gasteiger partial charge in [-0.1, -0.05) is 37.0 Å². The third kappa shape index (κ3) is 5.07. The van der Waals surface area contributed by atoms with Crippen molar-refractivity contribution < 1.29 is 9.90 Å². The topological polar surface area (TPSA) is 40.5 Å². The molecule has 2 saturated carbocycles. The van der Waals surface area contributed by atoms with Crippen molar-refractivity contribution in [1.82, 2.24) is 4.90 Å². The zero-order valence-electron chi connectivity index (χ0n) is 16.7. The van der Waals surface area contributed by atoms with Crippen LogP contribution in [0.1, 0.15) is 64.2 Å². The van der Waals surface area contributed by atoms with Crippen LogP contribution in [0.2, 0.25) is 0 Å². The Morgan fingerprint density at radius 2 is 2.00 bits per heavy atom. The lowest BCUT2D eigenvalue weighted by Crippen LogP contribution is -2.18. The first kappa shape index (κ1) is 19.8. The van der Waals surface area contributed by atoms with Crippen molar-refractivity contribution in [2.24, 2.45) is 23.7 Å². The number of unbranched alkanes of at least 4 members (excludes halogenated alkanes) is 2. The summed E-state index contributed by atoms with van der Waals surface area (Å²) >= 11 is 0. The molecule has 26 heavy (non-hydrogen) atoms. The molecule has 0 heterocycles. The van der Waals surface area contributed by atoms with Gasteiger partial charge in [0.2, 0.25) is 0 Å². The van der Waals surface area contributed by atoms with Crippen LogP contribution in [0.3, 0.4) is 0 Å². The number of ketones is 1. The molecule has 4 atom stereocenters. The summed E-state index contributed by atoms with van der Waals surface area (Å²) in [6, 6.07) is 0. The monoisotopic (exact) mass is 359 g/mol. The van der Waals surface area contributed by atoms with Crippen LogP contribution in [-0.4, -0.2) is 42.5 Å². The molecule has 3 nitrogen and oxygen atoms in total. The van der Waals surface area contributed by atoms with Crippen LogP contribution in [0.5, 0.6) is 0 Å². The molecule has 1 N–H and O–H groups in total. The number of allylic oxidation sites excluding steroid dienone is 3. The summed E-state index contributed by atoms with van der Waals surface area (Å²) in [6.07, 6.45) is 17.6. The Morgan fingerprint density at radius 3 is 2.73 bits per heavy atom. The van der Waals surface area contributed by atoms with E-state index in [2.05, 4.69) is 31.1 Å². The predicted octanol–water partition coefficient (Wildman–Crippen LogP) is 4.37. The minimum atomic E-state index is -0.268. The lowest BCUT2D eigenvalue weighted by molar-refractivity contribution is -0.118. The first-order valence-electron chi connectivity index (χ1n) is 10.8. The maximum absolute atomic E-state index is 12.3. The smallest absolute Gasteiger partial charge is 0.158 e. The Balaban J connectivity index is 1.45. The molecule has 0 spiro atoms. The number of hydrogen-bond acceptors (Lipinski definition) is 3. The van der Waals surface area contributed by atoms with Crippen LogP contribution in [0, 0.1) is 23.7 Å². The van der Waals surface area contributed by atoms with E-state index in [1.165, 1.54) is 45.1 Å². The largest absolute Gasteiger partial charge is 0.392 e. The number of hydrogen-bond donors (Lipinski definition) is 1. The fraction of sp³-hybridized carbons (Fsp3) is 0.783. The van der Waals surface area contributed by atoms with Crippen LogP contribution in [0.25, 0.3) is 0 Å². The van der Waals surface area contributed by atoms with Gasteiger partial charge in [0.1, 0.15) is 0 Å². The first-order valence-corrected chi connectivity index (χ1v) is 10.8. The molecular weight excluding hydrogens is 322 g/mol. The minimum absolute atomic E-state index is 0.174. The molecule has 0 aromatic carbocycles. The minimum Gasteiger partial charge on any atom is -0.392 e. The molecule has 0 bridgehead atoms. The highest BCUT2D eigenvalue weighted by Crippen LogP contribution is 2.48. The maximum atomic E-state index is 12.3. The summed E-state index contributed by atoms with van der Waals surface area (Å²) in [4.78, 5) is 14.6. The molecule has 0 radical (unpaired) electrons. The average Bonchev–Trinajstić information content (AvgIpc) is 3.29. The second-order valence-electron chi connectivity index (χ2n) is 9.09. The number of carbonyl (C=O) groups is 1. The Hall–Kier alpha value is -0.930. The van der Waals surface area contributed by atoms with E-state index < -0.39 is 0 Å². The lowest BCUT2D eigenvalue weighted by atomic mass is 9.88. The molecule has 0 saturated heterocycles. The molecule has 3 aliphatic rings. The van der Waals surface area contributed by atoms with Crippen molar-refractivity contribution in [1.29, 1.82) is 0 Å². The standard InChI is InChI=1S/C23H37NO2/c1-24(2)13-7-3-4-8-17-14-19-16-23(26)20(21(19)15-17)11-12-22(25)18-9-5-6-10-18/h11-12,14,18-21,23,26H,3-10,13,15-16H2,1-2H3/b12-11+/t19-,20+,21-,23+/m0/s1. The normalized spacial score (nSPS) is 31.9. The molecule has 0 amide bonds. The maximum Gasteiger partial charge on any atom is 0.158 e. The summed E-state index contributed by atoms with van der Waals surface area (Å²) in [6.45, 7) is 1.18. The van der Waals surface area contributed by atoms with Gasteiger partial charge in [0.25, 0.3) is 0 Å². The van der Waals surface area contributed by atoms with E-state index in [9.17, 15) is 9.90 Å². The molecule has 0 aromatic heterocycles. The van der Waals surface area contributed by atoms with Crippen molar-refractivity contribution in [2.45, 2.75) is 70.3 Å². The average molecular weight is 360 g/mol. The van der Waals surface area contributed by atoms with Crippen molar-refractivity contribution >= 4 is 5.78 Å². The van der Waals surface area contributed by atoms with E-state index in [-0.39, 0.29) is 17.9 Å². The SMILES string of the molecule is CN(C)CCCCCC1=C[C@H]2C[C@@H](O)[C@H](/C=C/C(=O)C3CCCC3)[C@H]2C1. The summed E-state index contributed by atoms with van der Waals surface area (Å²) in [5, 5.41) is 10.5. The Labute approximate surface area is 159 Å². The molecule has 3 heteroatoms. The Morgan fingerprint density at radius 1 is 1.23 bits per heavy atom. The van der Waals surface area contributed by atoms with Gasteiger partial charge in [0.05, 0.1) is 6.10 Å². The summed E-state index contributed by atoms with van der Waals surface area (Å²) < 4.78 is 0. The Bertz CT molecular complexity index is 530. The number of aliphatic hydroxyl groups is 1. The van der Waals surface area contributed by atoms with Gasteiger partial charge < -0.3 is 10.0 Å². The van der Waals surface area contributed by atoms with E-state index in [0.29, 0.717) is 17.6 Å². The van der Waals surface area contributed by atoms with Gasteiger partial charge in [0, 0.05) is 11.8 Å². The molecule has 3 rings (SSSR count). The molecule has 0 aromatic rings. The number of fused-ring (bicyclic) bond motifs is 1. The second kappa shape index (κ2) is 9.32. The van der Waals surface area contributed by atoms with E-state index in [4.69, 9.17) is 0 Å². The van der Waals surface area contributed by atoms with Gasteiger partial charge in [0.15, 0.2) is 5.78 Å². The van der Waals surface area contributed by atoms with Crippen molar-refractivity contribution in [3.8, 4) is 0 Å². The molecule has 2 fully saturated rings. The number of nitrogens with zero attached hydrogens (tertiary/aromatic N) is 1. The van der Waals surface area contributed by atoms with Crippen LogP contribution < -0.4 is 0 Å². The highest BCUT2D eigenvalue weighted by molar-refractivity contribution is 5.91. The van der Waals surface area contributed by atoms with Crippen LogP contribution >= 0.6 is 0 Å². The molecule has 3 aliphatic carbocycles. The van der Waals surface area contributed by atoms with Crippen LogP contribution in [0.4, 0.5) is 0 Å². The second-order valence-corrected chi connectivity index (χ2v) is 9.09. The van der Waals surface area contributed by atoms with Gasteiger partial charge in [-0.3, -0.25) is 4.79 Å². The van der Waals surface area contributed by atoms with Gasteiger partial charge in [-0.05, 0) is 83.5 Å².